The Morgan fingerprint density at radius 1 is 1.56 bits per heavy atom. The maximum absolute atomic E-state index is 11.5. The van der Waals surface area contributed by atoms with Crippen molar-refractivity contribution in [3.8, 4) is 0 Å². The first-order valence-electron chi connectivity index (χ1n) is 4.76. The maximum atomic E-state index is 11.5. The molecule has 9 heteroatoms. The molecule has 0 fully saturated rings. The van der Waals surface area contributed by atoms with Crippen LogP contribution in [0, 0.1) is 0 Å². The van der Waals surface area contributed by atoms with E-state index in [9.17, 15) is 17.9 Å². The Morgan fingerprint density at radius 3 is 2.67 bits per heavy atom. The smallest absolute Gasteiger partial charge is 0.741 e. The molecule has 0 radical (unpaired) electrons. The van der Waals surface area contributed by atoms with Gasteiger partial charge in [-0.05, 0) is 18.6 Å². The summed E-state index contributed by atoms with van der Waals surface area (Å²) in [7, 11) is -7.37. The van der Waals surface area contributed by atoms with Crippen molar-refractivity contribution >= 4 is 22.7 Å². The van der Waals surface area contributed by atoms with E-state index in [4.69, 9.17) is 0 Å². The van der Waals surface area contributed by atoms with E-state index < -0.39 is 22.7 Å². The molecule has 1 atom stereocenters. The molecule has 0 spiro atoms. The van der Waals surface area contributed by atoms with Crippen LogP contribution < -0.4 is 23.8 Å². The van der Waals surface area contributed by atoms with Gasteiger partial charge in [0.15, 0.2) is 10.1 Å². The van der Waals surface area contributed by atoms with Crippen molar-refractivity contribution in [3.63, 3.8) is 0 Å². The monoisotopic (exact) mass is 283 g/mol. The van der Waals surface area contributed by atoms with E-state index >= 15 is 0 Å². The van der Waals surface area contributed by atoms with Gasteiger partial charge in [-0.1, -0.05) is 6.07 Å². The summed E-state index contributed by atoms with van der Waals surface area (Å²) in [6.07, 6.45) is 2.67. The standard InChI is InChI=1S/C9H12NO5PS.Li/c1-2-15-16(11)9(17(12,13)14)6-8-4-3-5-10-7-8;/h3-5,7H,2,6H2,1H3,(H,12,13,14);/q;+1/p-1. The molecule has 1 rings (SSSR count). The van der Waals surface area contributed by atoms with E-state index in [-0.39, 0.29) is 31.9 Å². The van der Waals surface area contributed by atoms with Crippen molar-refractivity contribution in [2.75, 3.05) is 6.61 Å². The summed E-state index contributed by atoms with van der Waals surface area (Å²) in [5.74, 6) is 0. The van der Waals surface area contributed by atoms with Crippen LogP contribution in [0.25, 0.3) is 0 Å². The molecule has 0 saturated carbocycles. The van der Waals surface area contributed by atoms with Gasteiger partial charge in [0.1, 0.15) is 0 Å². The molecule has 0 N–H and O–H groups in total. The van der Waals surface area contributed by atoms with Crippen molar-refractivity contribution in [1.29, 1.82) is 0 Å². The van der Waals surface area contributed by atoms with E-state index in [0.29, 0.717) is 5.56 Å². The molecule has 0 saturated heterocycles. The maximum Gasteiger partial charge on any atom is 1.00 e. The SMILES string of the molecule is CCO[P+]([O-])=C(Cc1cccnc1)S(=O)(=O)[O-].[Li+]. The van der Waals surface area contributed by atoms with Crippen LogP contribution in [0.1, 0.15) is 12.5 Å². The predicted octanol–water partition coefficient (Wildman–Crippen LogP) is -2.99. The summed E-state index contributed by atoms with van der Waals surface area (Å²) in [5.41, 5.74) is 0.491. The third-order valence-electron chi connectivity index (χ3n) is 1.82. The zero-order valence-electron chi connectivity index (χ0n) is 10.1. The topological polar surface area (TPSA) is 102 Å². The van der Waals surface area contributed by atoms with Crippen LogP contribution in [0.15, 0.2) is 24.5 Å². The molecule has 1 heterocycles. The van der Waals surface area contributed by atoms with Gasteiger partial charge in [-0.2, -0.15) is 4.52 Å². The van der Waals surface area contributed by atoms with Crippen LogP contribution in [0.4, 0.5) is 0 Å². The molecule has 1 unspecified atom stereocenters. The van der Waals surface area contributed by atoms with Gasteiger partial charge >= 0.3 is 18.9 Å². The molecule has 0 bridgehead atoms. The average Bonchev–Trinajstić information content (AvgIpc) is 2.26. The van der Waals surface area contributed by atoms with Gasteiger partial charge in [-0.25, -0.2) is 8.42 Å². The second-order valence-electron chi connectivity index (χ2n) is 3.06. The minimum absolute atomic E-state index is 0. The summed E-state index contributed by atoms with van der Waals surface area (Å²) in [5, 5.41) is 0. The Bertz CT molecular complexity index is 505. The van der Waals surface area contributed by atoms with Gasteiger partial charge in [0.05, 0.1) is 13.0 Å². The summed E-state index contributed by atoms with van der Waals surface area (Å²) in [6, 6.07) is 3.19. The summed E-state index contributed by atoms with van der Waals surface area (Å²) in [4.78, 5) is 15.3. The molecular weight excluding hydrogens is 272 g/mol. The van der Waals surface area contributed by atoms with Gasteiger partial charge in [0.25, 0.3) is 0 Å². The molecular formula is C9H11LiNO5PS. The normalized spacial score (nSPS) is 12.6. The number of pyridine rings is 1. The number of hydrogen-bond acceptors (Lipinski definition) is 6. The third-order valence-corrected chi connectivity index (χ3v) is 4.71. The first kappa shape index (κ1) is 17.7. The molecule has 6 nitrogen and oxygen atoms in total. The fourth-order valence-electron chi connectivity index (χ4n) is 1.11. The van der Waals surface area contributed by atoms with Crippen LogP contribution >= 0.6 is 8.00 Å². The van der Waals surface area contributed by atoms with Gasteiger partial charge in [-0.3, -0.25) is 4.98 Å². The van der Waals surface area contributed by atoms with Gasteiger partial charge < -0.3 is 9.45 Å². The summed E-state index contributed by atoms with van der Waals surface area (Å²) < 4.78 is 37.0. The molecule has 0 aliphatic carbocycles. The predicted molar refractivity (Wildman–Crippen MR) is 61.2 cm³/mol. The molecule has 18 heavy (non-hydrogen) atoms. The first-order chi connectivity index (χ1) is 7.95. The molecule has 0 aliphatic rings. The average molecular weight is 283 g/mol. The molecule has 0 aromatic carbocycles. The van der Waals surface area contributed by atoms with E-state index in [1.54, 1.807) is 19.1 Å². The number of aromatic nitrogens is 1. The fourth-order valence-corrected chi connectivity index (χ4v) is 3.03. The minimum Gasteiger partial charge on any atom is -0.741 e. The van der Waals surface area contributed by atoms with Crippen LogP contribution in [-0.4, -0.2) is 29.2 Å². The zero-order valence-corrected chi connectivity index (χ0v) is 11.8. The molecule has 0 amide bonds. The van der Waals surface area contributed by atoms with Crippen LogP contribution in [0.5, 0.6) is 0 Å². The zero-order chi connectivity index (χ0) is 12.9. The Kier molecular flexibility index (Phi) is 7.91. The second-order valence-corrected chi connectivity index (χ2v) is 6.08. The molecule has 94 valence electrons. The third kappa shape index (κ3) is 5.59. The van der Waals surface area contributed by atoms with Crippen LogP contribution in [0.3, 0.4) is 0 Å². The van der Waals surface area contributed by atoms with Crippen LogP contribution in [0.2, 0.25) is 0 Å². The first-order valence-corrected chi connectivity index (χ1v) is 7.34. The van der Waals surface area contributed by atoms with E-state index in [2.05, 4.69) is 9.51 Å². The second kappa shape index (κ2) is 8.03. The van der Waals surface area contributed by atoms with Gasteiger partial charge in [0, 0.05) is 12.4 Å². The van der Waals surface area contributed by atoms with Crippen molar-refractivity contribution in [2.24, 2.45) is 0 Å². The molecule has 0 aliphatic heterocycles. The quantitative estimate of drug-likeness (QED) is 0.324. The Hall–Kier alpha value is -0.253. The molecule has 1 aromatic rings. The largest absolute Gasteiger partial charge is 1.00 e. The number of nitrogens with zero attached hydrogens (tertiary/aromatic N) is 1. The van der Waals surface area contributed by atoms with Crippen molar-refractivity contribution < 1.29 is 41.2 Å². The minimum atomic E-state index is -4.75. The number of rotatable bonds is 5. The Morgan fingerprint density at radius 2 is 2.22 bits per heavy atom. The van der Waals surface area contributed by atoms with Crippen molar-refractivity contribution in [1.82, 2.24) is 4.98 Å². The fraction of sp³-hybridized carbons (Fsp3) is 0.333. The Balaban J connectivity index is 0.00000289. The van der Waals surface area contributed by atoms with Crippen molar-refractivity contribution in [2.45, 2.75) is 13.3 Å². The van der Waals surface area contributed by atoms with E-state index in [1.165, 1.54) is 12.4 Å². The summed E-state index contributed by atoms with van der Waals surface area (Å²) in [6.45, 7) is 1.63. The van der Waals surface area contributed by atoms with E-state index in [0.717, 1.165) is 0 Å². The van der Waals surface area contributed by atoms with Crippen LogP contribution in [-0.2, 0) is 21.1 Å². The summed E-state index contributed by atoms with van der Waals surface area (Å²) >= 11 is 0. The van der Waals surface area contributed by atoms with Gasteiger partial charge in [0.2, 0.25) is 12.6 Å². The van der Waals surface area contributed by atoms with Gasteiger partial charge in [-0.15, -0.1) is 0 Å². The number of hydrogen-bond donors (Lipinski definition) is 0. The Labute approximate surface area is 119 Å². The molecule has 1 aromatic heterocycles. The van der Waals surface area contributed by atoms with E-state index in [1.807, 2.05) is 0 Å². The van der Waals surface area contributed by atoms with Crippen molar-refractivity contribution in [3.05, 3.63) is 30.1 Å².